The van der Waals surface area contributed by atoms with Crippen LogP contribution in [0.15, 0.2) is 24.3 Å². The van der Waals surface area contributed by atoms with Gasteiger partial charge in [0.15, 0.2) is 0 Å². The van der Waals surface area contributed by atoms with Gasteiger partial charge in [0.2, 0.25) is 10.0 Å². The highest BCUT2D eigenvalue weighted by molar-refractivity contribution is 7.88. The van der Waals surface area contributed by atoms with Gasteiger partial charge in [-0.15, -0.1) is 0 Å². The molecule has 1 aromatic rings. The summed E-state index contributed by atoms with van der Waals surface area (Å²) in [4.78, 5) is 0. The molecule has 0 unspecified atom stereocenters. The number of hydrogen-bond donors (Lipinski definition) is 2. The number of nitrogens with two attached hydrogens (primary N) is 1. The molecule has 21 heavy (non-hydrogen) atoms. The van der Waals surface area contributed by atoms with Crippen molar-refractivity contribution in [3.05, 3.63) is 35.4 Å². The van der Waals surface area contributed by atoms with Crippen molar-refractivity contribution in [3.8, 4) is 0 Å². The molecule has 1 aliphatic carbocycles. The molecule has 1 fully saturated rings. The van der Waals surface area contributed by atoms with Gasteiger partial charge in [-0.2, -0.15) is 0 Å². The summed E-state index contributed by atoms with van der Waals surface area (Å²) in [6.45, 7) is 2.58. The van der Waals surface area contributed by atoms with Crippen LogP contribution in [0.5, 0.6) is 0 Å². The predicted octanol–water partition coefficient (Wildman–Crippen LogP) is 2.53. The minimum absolute atomic E-state index is 0.0219. The molecule has 2 rings (SSSR count). The Balaban J connectivity index is 1.96. The van der Waals surface area contributed by atoms with Crippen molar-refractivity contribution in [1.82, 2.24) is 4.72 Å². The first-order chi connectivity index (χ1) is 10.0. The van der Waals surface area contributed by atoms with E-state index in [-0.39, 0.29) is 11.8 Å². The quantitative estimate of drug-likeness (QED) is 0.848. The molecule has 0 aromatic heterocycles. The summed E-state index contributed by atoms with van der Waals surface area (Å²) in [6, 6.07) is 7.57. The van der Waals surface area contributed by atoms with Gasteiger partial charge in [0.05, 0.1) is 5.75 Å². The fourth-order valence-electron chi connectivity index (χ4n) is 3.09. The van der Waals surface area contributed by atoms with Crippen LogP contribution in [0.25, 0.3) is 0 Å². The van der Waals surface area contributed by atoms with Crippen LogP contribution in [0, 0.1) is 5.92 Å². The molecule has 0 heterocycles. The van der Waals surface area contributed by atoms with E-state index < -0.39 is 10.0 Å². The van der Waals surface area contributed by atoms with Crippen LogP contribution in [0.4, 0.5) is 0 Å². The third kappa shape index (κ3) is 4.80. The zero-order chi connectivity index (χ0) is 15.3. The second-order valence-corrected chi connectivity index (χ2v) is 7.73. The molecule has 0 atom stereocenters. The number of rotatable bonds is 6. The molecule has 3 N–H and O–H groups in total. The average Bonchev–Trinajstić information content (AvgIpc) is 2.47. The minimum Gasteiger partial charge on any atom is -0.326 e. The normalized spacial score (nSPS) is 23.1. The number of hydrogen-bond acceptors (Lipinski definition) is 3. The Morgan fingerprint density at radius 1 is 1.14 bits per heavy atom. The Morgan fingerprint density at radius 3 is 2.33 bits per heavy atom. The molecule has 0 aliphatic heterocycles. The molecule has 0 amide bonds. The Labute approximate surface area is 128 Å². The van der Waals surface area contributed by atoms with E-state index in [1.54, 1.807) is 0 Å². The van der Waals surface area contributed by atoms with Gasteiger partial charge in [-0.3, -0.25) is 0 Å². The molecule has 118 valence electrons. The SMILES string of the molecule is CCC1CCC(NS(=O)(=O)Cc2ccccc2CN)CC1. The summed E-state index contributed by atoms with van der Waals surface area (Å²) in [5, 5.41) is 0. The van der Waals surface area contributed by atoms with E-state index in [0.29, 0.717) is 6.54 Å². The van der Waals surface area contributed by atoms with Gasteiger partial charge in [0.25, 0.3) is 0 Å². The summed E-state index contributed by atoms with van der Waals surface area (Å²) >= 11 is 0. The number of benzene rings is 1. The third-order valence-corrected chi connectivity index (χ3v) is 5.84. The van der Waals surface area contributed by atoms with Crippen molar-refractivity contribution in [1.29, 1.82) is 0 Å². The first kappa shape index (κ1) is 16.5. The lowest BCUT2D eigenvalue weighted by atomic mass is 9.85. The fraction of sp³-hybridized carbons (Fsp3) is 0.625. The second-order valence-electron chi connectivity index (χ2n) is 5.98. The maximum Gasteiger partial charge on any atom is 0.216 e. The first-order valence-electron chi connectivity index (χ1n) is 7.81. The zero-order valence-corrected chi connectivity index (χ0v) is 13.5. The molecular formula is C16H26N2O2S. The summed E-state index contributed by atoms with van der Waals surface area (Å²) in [5.74, 6) is 0.789. The van der Waals surface area contributed by atoms with Crippen LogP contribution in [0.3, 0.4) is 0 Å². The molecule has 0 saturated heterocycles. The van der Waals surface area contributed by atoms with Gasteiger partial charge < -0.3 is 5.73 Å². The second kappa shape index (κ2) is 7.38. The largest absolute Gasteiger partial charge is 0.326 e. The highest BCUT2D eigenvalue weighted by atomic mass is 32.2. The van der Waals surface area contributed by atoms with Crippen LogP contribution >= 0.6 is 0 Å². The average molecular weight is 310 g/mol. The van der Waals surface area contributed by atoms with E-state index in [4.69, 9.17) is 5.73 Å². The van der Waals surface area contributed by atoms with Gasteiger partial charge in [0, 0.05) is 12.6 Å². The number of nitrogens with one attached hydrogen (secondary N) is 1. The van der Waals surface area contributed by atoms with Crippen LogP contribution in [-0.4, -0.2) is 14.5 Å². The molecule has 0 radical (unpaired) electrons. The van der Waals surface area contributed by atoms with Crippen molar-refractivity contribution in [2.45, 2.75) is 57.4 Å². The Hall–Kier alpha value is -0.910. The topological polar surface area (TPSA) is 72.2 Å². The molecular weight excluding hydrogens is 284 g/mol. The summed E-state index contributed by atoms with van der Waals surface area (Å²) in [5.41, 5.74) is 7.37. The predicted molar refractivity (Wildman–Crippen MR) is 86.1 cm³/mol. The Kier molecular flexibility index (Phi) is 5.79. The highest BCUT2D eigenvalue weighted by Gasteiger charge is 2.24. The summed E-state index contributed by atoms with van der Waals surface area (Å²) in [7, 11) is -3.30. The van der Waals surface area contributed by atoms with Crippen LogP contribution < -0.4 is 10.5 Å². The fourth-order valence-corrected chi connectivity index (χ4v) is 4.60. The standard InChI is InChI=1S/C16H26N2O2S/c1-2-13-7-9-16(10-8-13)18-21(19,20)12-15-6-4-3-5-14(15)11-17/h3-6,13,16,18H,2,7-12,17H2,1H3. The van der Waals surface area contributed by atoms with Crippen molar-refractivity contribution >= 4 is 10.0 Å². The maximum atomic E-state index is 12.3. The third-order valence-electron chi connectivity index (χ3n) is 4.45. The first-order valence-corrected chi connectivity index (χ1v) is 9.46. The number of sulfonamides is 1. The van der Waals surface area contributed by atoms with Crippen molar-refractivity contribution in [2.75, 3.05) is 0 Å². The lowest BCUT2D eigenvalue weighted by Gasteiger charge is -2.28. The van der Waals surface area contributed by atoms with E-state index >= 15 is 0 Å². The lowest BCUT2D eigenvalue weighted by molar-refractivity contribution is 0.306. The van der Waals surface area contributed by atoms with Gasteiger partial charge in [-0.05, 0) is 42.7 Å². The Morgan fingerprint density at radius 2 is 1.76 bits per heavy atom. The Bertz CT molecular complexity index is 549. The minimum atomic E-state index is -3.30. The van der Waals surface area contributed by atoms with Crippen LogP contribution in [-0.2, 0) is 22.3 Å². The van der Waals surface area contributed by atoms with E-state index in [1.807, 2.05) is 24.3 Å². The van der Waals surface area contributed by atoms with Crippen molar-refractivity contribution < 1.29 is 8.42 Å². The van der Waals surface area contributed by atoms with Gasteiger partial charge in [0.1, 0.15) is 0 Å². The summed E-state index contributed by atoms with van der Waals surface area (Å²) < 4.78 is 27.5. The van der Waals surface area contributed by atoms with E-state index in [0.717, 1.165) is 42.7 Å². The van der Waals surface area contributed by atoms with Gasteiger partial charge in [-0.1, -0.05) is 37.6 Å². The van der Waals surface area contributed by atoms with Crippen LogP contribution in [0.2, 0.25) is 0 Å². The van der Waals surface area contributed by atoms with Gasteiger partial charge in [-0.25, -0.2) is 13.1 Å². The zero-order valence-electron chi connectivity index (χ0n) is 12.7. The molecule has 4 nitrogen and oxygen atoms in total. The van der Waals surface area contributed by atoms with E-state index in [2.05, 4.69) is 11.6 Å². The smallest absolute Gasteiger partial charge is 0.216 e. The highest BCUT2D eigenvalue weighted by Crippen LogP contribution is 2.27. The summed E-state index contributed by atoms with van der Waals surface area (Å²) in [6.07, 6.45) is 5.36. The maximum absolute atomic E-state index is 12.3. The molecule has 1 aromatic carbocycles. The molecule has 5 heteroatoms. The molecule has 1 aliphatic rings. The van der Waals surface area contributed by atoms with Gasteiger partial charge >= 0.3 is 0 Å². The van der Waals surface area contributed by atoms with E-state index in [1.165, 1.54) is 6.42 Å². The van der Waals surface area contributed by atoms with Crippen LogP contribution in [0.1, 0.15) is 50.2 Å². The van der Waals surface area contributed by atoms with Crippen molar-refractivity contribution in [2.24, 2.45) is 11.7 Å². The van der Waals surface area contributed by atoms with Crippen molar-refractivity contribution in [3.63, 3.8) is 0 Å². The molecule has 0 spiro atoms. The molecule has 1 saturated carbocycles. The monoisotopic (exact) mass is 310 g/mol. The molecule has 0 bridgehead atoms. The van der Waals surface area contributed by atoms with E-state index in [9.17, 15) is 8.42 Å². The lowest BCUT2D eigenvalue weighted by Crippen LogP contribution is -2.38.